The minimum absolute atomic E-state index is 0.188. The van der Waals surface area contributed by atoms with E-state index in [0.717, 1.165) is 43.2 Å². The molecule has 28 heavy (non-hydrogen) atoms. The molecule has 1 aromatic heterocycles. The summed E-state index contributed by atoms with van der Waals surface area (Å²) in [6.07, 6.45) is 1.78. The van der Waals surface area contributed by atoms with Crippen LogP contribution in [-0.4, -0.2) is 43.9 Å². The number of hydrogen-bond acceptors (Lipinski definition) is 4. The Kier molecular flexibility index (Phi) is 6.75. The van der Waals surface area contributed by atoms with Crippen molar-refractivity contribution in [1.29, 1.82) is 0 Å². The molecule has 0 saturated carbocycles. The lowest BCUT2D eigenvalue weighted by Gasteiger charge is -2.28. The van der Waals surface area contributed by atoms with Gasteiger partial charge in [0.15, 0.2) is 0 Å². The van der Waals surface area contributed by atoms with E-state index in [4.69, 9.17) is 16.3 Å². The maximum absolute atomic E-state index is 12.2. The summed E-state index contributed by atoms with van der Waals surface area (Å²) < 4.78 is 5.38. The molecule has 150 valence electrons. The van der Waals surface area contributed by atoms with Crippen molar-refractivity contribution in [2.24, 2.45) is 0 Å². The minimum atomic E-state index is -0.192. The van der Waals surface area contributed by atoms with Crippen LogP contribution in [0.5, 0.6) is 0 Å². The Morgan fingerprint density at radius 3 is 2.61 bits per heavy atom. The Bertz CT molecular complexity index is 789. The molecule has 2 aromatic rings. The zero-order valence-corrected chi connectivity index (χ0v) is 17.1. The molecule has 3 rings (SSSR count). The van der Waals surface area contributed by atoms with E-state index < -0.39 is 0 Å². The van der Waals surface area contributed by atoms with Crippen LogP contribution in [0.4, 0.5) is 10.6 Å². The lowest BCUT2D eigenvalue weighted by atomic mass is 9.85. The predicted molar refractivity (Wildman–Crippen MR) is 112 cm³/mol. The van der Waals surface area contributed by atoms with Crippen molar-refractivity contribution < 1.29 is 9.53 Å². The van der Waals surface area contributed by atoms with E-state index in [-0.39, 0.29) is 11.4 Å². The molecule has 0 atom stereocenters. The molecule has 1 fully saturated rings. The van der Waals surface area contributed by atoms with E-state index >= 15 is 0 Å². The first kappa shape index (κ1) is 20.4. The zero-order valence-electron chi connectivity index (χ0n) is 16.4. The molecule has 2 heterocycles. The number of carbonyl (C=O) groups excluding carboxylic acids is 1. The number of ether oxygens (including phenoxy) is 1. The number of urea groups is 1. The first-order valence-corrected chi connectivity index (χ1v) is 9.87. The van der Waals surface area contributed by atoms with E-state index in [9.17, 15) is 4.79 Å². The molecule has 0 aliphatic carbocycles. The molecular formula is C21H27ClN4O2. The second kappa shape index (κ2) is 9.26. The number of halogens is 1. The van der Waals surface area contributed by atoms with Gasteiger partial charge in [-0.05, 0) is 35.4 Å². The van der Waals surface area contributed by atoms with Gasteiger partial charge in [-0.25, -0.2) is 9.78 Å². The largest absolute Gasteiger partial charge is 0.378 e. The second-order valence-corrected chi connectivity index (χ2v) is 7.99. The number of aromatic nitrogens is 1. The molecule has 1 aromatic carbocycles. The number of nitrogens with one attached hydrogen (secondary N) is 2. The Labute approximate surface area is 171 Å². The summed E-state index contributed by atoms with van der Waals surface area (Å²) in [6, 6.07) is 11.5. The highest BCUT2D eigenvalue weighted by Gasteiger charge is 2.21. The molecule has 1 aliphatic heterocycles. The number of morpholine rings is 1. The van der Waals surface area contributed by atoms with Gasteiger partial charge in [-0.2, -0.15) is 0 Å². The molecule has 1 saturated heterocycles. The first-order valence-electron chi connectivity index (χ1n) is 9.49. The van der Waals surface area contributed by atoms with E-state index in [1.54, 1.807) is 6.20 Å². The summed E-state index contributed by atoms with van der Waals surface area (Å²) in [5.41, 5.74) is 1.95. The predicted octanol–water partition coefficient (Wildman–Crippen LogP) is 3.35. The fourth-order valence-corrected chi connectivity index (χ4v) is 3.21. The van der Waals surface area contributed by atoms with E-state index in [1.165, 1.54) is 0 Å². The van der Waals surface area contributed by atoms with Crippen LogP contribution in [0.15, 0.2) is 42.6 Å². The van der Waals surface area contributed by atoms with Gasteiger partial charge in [0.2, 0.25) is 0 Å². The Balaban J connectivity index is 1.49. The summed E-state index contributed by atoms with van der Waals surface area (Å²) in [7, 11) is 0. The lowest BCUT2D eigenvalue weighted by Crippen LogP contribution is -2.42. The average Bonchev–Trinajstić information content (AvgIpc) is 2.72. The van der Waals surface area contributed by atoms with Gasteiger partial charge in [-0.15, -0.1) is 0 Å². The number of pyridine rings is 1. The fraction of sp³-hybridized carbons (Fsp3) is 0.429. The molecule has 0 bridgehead atoms. The third kappa shape index (κ3) is 5.59. The Hall–Kier alpha value is -2.31. The quantitative estimate of drug-likeness (QED) is 0.777. The van der Waals surface area contributed by atoms with Crippen molar-refractivity contribution in [2.75, 3.05) is 37.7 Å². The minimum Gasteiger partial charge on any atom is -0.378 e. The lowest BCUT2D eigenvalue weighted by molar-refractivity contribution is 0.122. The van der Waals surface area contributed by atoms with Crippen molar-refractivity contribution in [3.05, 3.63) is 58.7 Å². The smallest absolute Gasteiger partial charge is 0.315 e. The monoisotopic (exact) mass is 402 g/mol. The van der Waals surface area contributed by atoms with Crippen LogP contribution in [0.25, 0.3) is 0 Å². The van der Waals surface area contributed by atoms with Gasteiger partial charge < -0.3 is 20.3 Å². The summed E-state index contributed by atoms with van der Waals surface area (Å²) in [4.78, 5) is 18.9. The summed E-state index contributed by atoms with van der Waals surface area (Å²) in [5, 5.41) is 6.59. The maximum Gasteiger partial charge on any atom is 0.315 e. The summed E-state index contributed by atoms with van der Waals surface area (Å²) >= 11 is 5.96. The van der Waals surface area contributed by atoms with Crippen LogP contribution >= 0.6 is 11.6 Å². The van der Waals surface area contributed by atoms with Crippen LogP contribution in [0, 0.1) is 0 Å². The summed E-state index contributed by atoms with van der Waals surface area (Å²) in [5.74, 6) is 0.923. The number of anilines is 1. The molecule has 7 heteroatoms. The van der Waals surface area contributed by atoms with Gasteiger partial charge in [-0.1, -0.05) is 37.6 Å². The molecule has 0 radical (unpaired) electrons. The van der Waals surface area contributed by atoms with Gasteiger partial charge >= 0.3 is 6.03 Å². The molecule has 0 unspecified atom stereocenters. The van der Waals surface area contributed by atoms with Gasteiger partial charge in [0, 0.05) is 42.8 Å². The number of carbonyl (C=O) groups is 1. The molecular weight excluding hydrogens is 376 g/mol. The highest BCUT2D eigenvalue weighted by Crippen LogP contribution is 2.23. The van der Waals surface area contributed by atoms with Crippen molar-refractivity contribution in [3.63, 3.8) is 0 Å². The van der Waals surface area contributed by atoms with E-state index in [0.29, 0.717) is 18.1 Å². The van der Waals surface area contributed by atoms with E-state index in [1.807, 2.05) is 36.4 Å². The maximum atomic E-state index is 12.2. The number of hydrogen-bond donors (Lipinski definition) is 2. The molecule has 2 amide bonds. The summed E-state index contributed by atoms with van der Waals surface area (Å²) in [6.45, 7) is 8.27. The molecule has 1 aliphatic rings. The molecule has 0 spiro atoms. The molecule has 2 N–H and O–H groups in total. The Morgan fingerprint density at radius 2 is 1.89 bits per heavy atom. The van der Waals surface area contributed by atoms with Gasteiger partial charge in [-0.3, -0.25) is 0 Å². The normalized spacial score (nSPS) is 14.6. The Morgan fingerprint density at radius 1 is 1.18 bits per heavy atom. The fourth-order valence-electron chi connectivity index (χ4n) is 3.09. The average molecular weight is 403 g/mol. The number of amides is 2. The van der Waals surface area contributed by atoms with Gasteiger partial charge in [0.25, 0.3) is 0 Å². The number of rotatable bonds is 6. The highest BCUT2D eigenvalue weighted by molar-refractivity contribution is 6.30. The van der Waals surface area contributed by atoms with Gasteiger partial charge in [0.05, 0.1) is 13.2 Å². The van der Waals surface area contributed by atoms with Crippen LogP contribution in [0.3, 0.4) is 0 Å². The number of benzene rings is 1. The first-order chi connectivity index (χ1) is 13.4. The van der Waals surface area contributed by atoms with Crippen molar-refractivity contribution in [1.82, 2.24) is 15.6 Å². The van der Waals surface area contributed by atoms with Crippen molar-refractivity contribution in [3.8, 4) is 0 Å². The zero-order chi connectivity index (χ0) is 20.0. The van der Waals surface area contributed by atoms with Crippen molar-refractivity contribution in [2.45, 2.75) is 25.8 Å². The van der Waals surface area contributed by atoms with Crippen LogP contribution in [0.2, 0.25) is 5.02 Å². The standard InChI is InChI=1S/C21H27ClN4O2/c1-21(2,17-3-5-18(22)6-4-17)15-25-20(27)24-14-16-7-8-23-19(13-16)26-9-11-28-12-10-26/h3-8,13H,9-12,14-15H2,1-2H3,(H2,24,25,27). The van der Waals surface area contributed by atoms with Crippen LogP contribution in [0.1, 0.15) is 25.0 Å². The SMILES string of the molecule is CC(C)(CNC(=O)NCc1ccnc(N2CCOCC2)c1)c1ccc(Cl)cc1. The topological polar surface area (TPSA) is 66.5 Å². The number of nitrogens with zero attached hydrogens (tertiary/aromatic N) is 2. The van der Waals surface area contributed by atoms with Crippen LogP contribution in [-0.2, 0) is 16.7 Å². The molecule has 6 nitrogen and oxygen atoms in total. The third-order valence-corrected chi connectivity index (χ3v) is 5.17. The van der Waals surface area contributed by atoms with Crippen LogP contribution < -0.4 is 15.5 Å². The van der Waals surface area contributed by atoms with Gasteiger partial charge in [0.1, 0.15) is 5.82 Å². The second-order valence-electron chi connectivity index (χ2n) is 7.55. The van der Waals surface area contributed by atoms with E-state index in [2.05, 4.69) is 34.4 Å². The highest BCUT2D eigenvalue weighted by atomic mass is 35.5. The van der Waals surface area contributed by atoms with Crippen molar-refractivity contribution >= 4 is 23.4 Å². The third-order valence-electron chi connectivity index (χ3n) is 4.91.